The molecular weight excluding hydrogens is 302 g/mol. The van der Waals surface area contributed by atoms with E-state index in [0.717, 1.165) is 24.7 Å². The molecule has 8 heteroatoms. The van der Waals surface area contributed by atoms with Crippen molar-refractivity contribution in [2.24, 2.45) is 5.41 Å². The summed E-state index contributed by atoms with van der Waals surface area (Å²) in [5.74, 6) is 0. The summed E-state index contributed by atoms with van der Waals surface area (Å²) in [6, 6.07) is 0. The molecule has 2 heterocycles. The summed E-state index contributed by atoms with van der Waals surface area (Å²) < 4.78 is 90.2. The van der Waals surface area contributed by atoms with E-state index < -0.39 is 28.9 Å². The number of hydrogen-bond acceptors (Lipinski definition) is 2. The van der Waals surface area contributed by atoms with Crippen LogP contribution in [0.4, 0.5) is 26.3 Å². The van der Waals surface area contributed by atoms with E-state index in [1.165, 1.54) is 0 Å². The minimum Gasteiger partial charge on any atom is -0.497 e. The molecule has 2 aliphatic rings. The van der Waals surface area contributed by atoms with Crippen LogP contribution >= 0.6 is 0 Å². The first kappa shape index (κ1) is 15.5. The average Bonchev–Trinajstić information content (AvgIpc) is 2.38. The first-order chi connectivity index (χ1) is 9.71. The molecule has 2 rings (SSSR count). The average molecular weight is 312 g/mol. The molecule has 2 nitrogen and oxygen atoms in total. The highest BCUT2D eigenvalue weighted by atomic mass is 19.4. The van der Waals surface area contributed by atoms with Crippen LogP contribution in [0.1, 0.15) is 0 Å². The van der Waals surface area contributed by atoms with Crippen molar-refractivity contribution in [1.29, 1.82) is 0 Å². The van der Waals surface area contributed by atoms with Gasteiger partial charge in [0.05, 0.1) is 12.5 Å². The Morgan fingerprint density at radius 1 is 0.714 bits per heavy atom. The second kappa shape index (κ2) is 5.16. The van der Waals surface area contributed by atoms with Gasteiger partial charge in [-0.25, -0.2) is 0 Å². The van der Waals surface area contributed by atoms with E-state index in [0.29, 0.717) is 12.2 Å². The van der Waals surface area contributed by atoms with E-state index in [4.69, 9.17) is 0 Å². The zero-order valence-corrected chi connectivity index (χ0v) is 10.5. The largest absolute Gasteiger partial charge is 0.497 e. The third-order valence-electron chi connectivity index (χ3n) is 3.20. The smallest absolute Gasteiger partial charge is 0.411 e. The maximum atomic E-state index is 13.5. The summed E-state index contributed by atoms with van der Waals surface area (Å²) in [7, 11) is 0. The van der Waals surface area contributed by atoms with E-state index in [1.54, 1.807) is 0 Å². The number of rotatable bonds is 2. The van der Waals surface area contributed by atoms with Crippen molar-refractivity contribution in [2.75, 3.05) is 13.2 Å². The van der Waals surface area contributed by atoms with E-state index >= 15 is 0 Å². The second-order valence-corrected chi connectivity index (χ2v) is 4.34. The fourth-order valence-corrected chi connectivity index (χ4v) is 2.30. The molecular formula is C13H10F6O2. The van der Waals surface area contributed by atoms with Crippen LogP contribution in [0.15, 0.2) is 48.0 Å². The first-order valence-electron chi connectivity index (χ1n) is 5.82. The van der Waals surface area contributed by atoms with Gasteiger partial charge < -0.3 is 9.47 Å². The molecule has 0 aliphatic carbocycles. The molecule has 0 bridgehead atoms. The van der Waals surface area contributed by atoms with Crippen LogP contribution in [0.5, 0.6) is 0 Å². The van der Waals surface area contributed by atoms with Crippen molar-refractivity contribution in [1.82, 2.24) is 0 Å². The zero-order chi connectivity index (χ0) is 15.7. The van der Waals surface area contributed by atoms with E-state index in [2.05, 4.69) is 9.47 Å². The van der Waals surface area contributed by atoms with Crippen LogP contribution in [-0.2, 0) is 9.47 Å². The summed E-state index contributed by atoms with van der Waals surface area (Å²) in [6.07, 6.45) is -6.53. The Balaban J connectivity index is 2.72. The van der Waals surface area contributed by atoms with Crippen molar-refractivity contribution < 1.29 is 35.8 Å². The molecule has 0 aromatic rings. The van der Waals surface area contributed by atoms with Crippen molar-refractivity contribution in [3.8, 4) is 0 Å². The molecule has 0 aromatic carbocycles. The van der Waals surface area contributed by atoms with Gasteiger partial charge in [0.1, 0.15) is 13.2 Å². The maximum absolute atomic E-state index is 13.5. The molecule has 0 fully saturated rings. The van der Waals surface area contributed by atoms with Crippen LogP contribution in [0.25, 0.3) is 0 Å². The van der Waals surface area contributed by atoms with Crippen LogP contribution in [0.3, 0.4) is 0 Å². The lowest BCUT2D eigenvalue weighted by Gasteiger charge is -2.40. The molecule has 21 heavy (non-hydrogen) atoms. The third kappa shape index (κ3) is 2.43. The first-order valence-corrected chi connectivity index (χ1v) is 5.82. The number of hydrogen-bond donors (Lipinski definition) is 0. The monoisotopic (exact) mass is 312 g/mol. The van der Waals surface area contributed by atoms with Gasteiger partial charge >= 0.3 is 12.4 Å². The Morgan fingerprint density at radius 2 is 1.10 bits per heavy atom. The highest BCUT2D eigenvalue weighted by molar-refractivity contribution is 5.46. The van der Waals surface area contributed by atoms with Crippen molar-refractivity contribution in [3.05, 3.63) is 48.0 Å². The van der Waals surface area contributed by atoms with Crippen LogP contribution in [0.2, 0.25) is 0 Å². The predicted octanol–water partition coefficient (Wildman–Crippen LogP) is 4.04. The lowest BCUT2D eigenvalue weighted by molar-refractivity contribution is -0.309. The zero-order valence-electron chi connectivity index (χ0n) is 10.5. The molecule has 0 amide bonds. The molecule has 0 unspecified atom stereocenters. The molecule has 0 N–H and O–H groups in total. The number of allylic oxidation sites excluding steroid dienone is 4. The lowest BCUT2D eigenvalue weighted by Crippen LogP contribution is -2.52. The Labute approximate surface area is 116 Å². The Hall–Kier alpha value is -1.86. The minimum absolute atomic E-state index is 0.354. The van der Waals surface area contributed by atoms with Crippen LogP contribution < -0.4 is 0 Å². The third-order valence-corrected chi connectivity index (χ3v) is 3.20. The Kier molecular flexibility index (Phi) is 3.81. The molecule has 0 aromatic heterocycles. The fourth-order valence-electron chi connectivity index (χ4n) is 2.30. The molecule has 0 saturated heterocycles. The highest BCUT2D eigenvalue weighted by Gasteiger charge is 2.73. The van der Waals surface area contributed by atoms with Gasteiger partial charge in [0, 0.05) is 0 Å². The predicted molar refractivity (Wildman–Crippen MR) is 60.9 cm³/mol. The maximum Gasteiger partial charge on any atom is 0.411 e. The van der Waals surface area contributed by atoms with Crippen molar-refractivity contribution in [2.45, 2.75) is 12.4 Å². The van der Waals surface area contributed by atoms with Gasteiger partial charge in [-0.05, 0) is 35.5 Å². The highest BCUT2D eigenvalue weighted by Crippen LogP contribution is 2.60. The summed E-state index contributed by atoms with van der Waals surface area (Å²) in [5.41, 5.74) is -5.92. The standard InChI is InChI=1S/C13H10F6O2/c14-12(15,16)11(13(17,18)19,9-1-5-20-6-2-9)10-3-7-21-8-4-10/h1-5,7H,6,8H2. The van der Waals surface area contributed by atoms with Crippen LogP contribution in [0, 0.1) is 5.41 Å². The van der Waals surface area contributed by atoms with Gasteiger partial charge in [-0.3, -0.25) is 0 Å². The SMILES string of the molecule is FC(F)(F)C(C1=CCOC=C1)(C1=CCOC=C1)C(F)(F)F. The van der Waals surface area contributed by atoms with Gasteiger partial charge in [0.2, 0.25) is 5.41 Å². The Morgan fingerprint density at radius 3 is 1.33 bits per heavy atom. The van der Waals surface area contributed by atoms with E-state index in [9.17, 15) is 26.3 Å². The van der Waals surface area contributed by atoms with Gasteiger partial charge in [-0.15, -0.1) is 0 Å². The topological polar surface area (TPSA) is 18.5 Å². The quantitative estimate of drug-likeness (QED) is 0.717. The lowest BCUT2D eigenvalue weighted by atomic mass is 9.71. The molecule has 0 atom stereocenters. The second-order valence-electron chi connectivity index (χ2n) is 4.34. The molecule has 0 spiro atoms. The molecule has 2 aliphatic heterocycles. The summed E-state index contributed by atoms with van der Waals surface area (Å²) in [5, 5.41) is 0. The van der Waals surface area contributed by atoms with Gasteiger partial charge in [-0.1, -0.05) is 0 Å². The van der Waals surface area contributed by atoms with Crippen LogP contribution in [-0.4, -0.2) is 25.6 Å². The van der Waals surface area contributed by atoms with Gasteiger partial charge in [-0.2, -0.15) is 26.3 Å². The summed E-state index contributed by atoms with van der Waals surface area (Å²) in [6.45, 7) is -0.708. The van der Waals surface area contributed by atoms with E-state index in [-0.39, 0.29) is 13.2 Å². The number of ether oxygens (including phenoxy) is 2. The minimum atomic E-state index is -5.56. The summed E-state index contributed by atoms with van der Waals surface area (Å²) in [4.78, 5) is 0. The number of alkyl halides is 6. The molecule has 0 saturated carbocycles. The van der Waals surface area contributed by atoms with E-state index in [1.807, 2.05) is 0 Å². The Bertz CT molecular complexity index is 474. The number of halogens is 6. The molecule has 0 radical (unpaired) electrons. The summed E-state index contributed by atoms with van der Waals surface area (Å²) >= 11 is 0. The molecule has 116 valence electrons. The van der Waals surface area contributed by atoms with Gasteiger partial charge in [0.25, 0.3) is 0 Å². The van der Waals surface area contributed by atoms with Crippen molar-refractivity contribution >= 4 is 0 Å². The van der Waals surface area contributed by atoms with Gasteiger partial charge in [0.15, 0.2) is 0 Å². The van der Waals surface area contributed by atoms with Crippen molar-refractivity contribution in [3.63, 3.8) is 0 Å². The normalized spacial score (nSPS) is 19.5. The fraction of sp³-hybridized carbons (Fsp3) is 0.385.